The molecule has 1 aromatic carbocycles. The molecule has 1 saturated carbocycles. The fourth-order valence-corrected chi connectivity index (χ4v) is 2.64. The second kappa shape index (κ2) is 6.14. The van der Waals surface area contributed by atoms with E-state index in [1.54, 1.807) is 37.3 Å². The van der Waals surface area contributed by atoms with Crippen molar-refractivity contribution in [3.63, 3.8) is 0 Å². The Hall–Kier alpha value is -2.57. The number of amides is 1. The number of hydrogen-bond acceptors (Lipinski definition) is 4. The summed E-state index contributed by atoms with van der Waals surface area (Å²) in [6.45, 7) is 1.84. The number of esters is 1. The van der Waals surface area contributed by atoms with Gasteiger partial charge < -0.3 is 10.1 Å². The highest BCUT2D eigenvalue weighted by Crippen LogP contribution is 2.42. The largest absolute Gasteiger partial charge is 0.462 e. The van der Waals surface area contributed by atoms with Crippen molar-refractivity contribution < 1.29 is 23.1 Å². The van der Waals surface area contributed by atoms with E-state index in [0.717, 1.165) is 0 Å². The summed E-state index contributed by atoms with van der Waals surface area (Å²) in [6.07, 6.45) is -0.970. The maximum Gasteiger partial charge on any atom is 0.341 e. The van der Waals surface area contributed by atoms with Crippen molar-refractivity contribution in [1.29, 1.82) is 0 Å². The third kappa shape index (κ3) is 3.20. The van der Waals surface area contributed by atoms with Gasteiger partial charge in [0, 0.05) is 24.1 Å². The number of alkyl halides is 2. The molecule has 0 spiro atoms. The van der Waals surface area contributed by atoms with Gasteiger partial charge in [0.1, 0.15) is 11.4 Å². The molecule has 3 rings (SSSR count). The molecule has 126 valence electrons. The average molecular weight is 334 g/mol. The molecular formula is C17H16F2N2O3. The zero-order valence-electron chi connectivity index (χ0n) is 13.0. The molecule has 2 aromatic rings. The lowest BCUT2D eigenvalue weighted by molar-refractivity contribution is -0.145. The number of aromatic nitrogens is 1. The second-order valence-corrected chi connectivity index (χ2v) is 5.75. The quantitative estimate of drug-likeness (QED) is 0.870. The van der Waals surface area contributed by atoms with E-state index >= 15 is 0 Å². The maximum atomic E-state index is 12.9. The van der Waals surface area contributed by atoms with Crippen LogP contribution in [0, 0.1) is 5.92 Å². The Kier molecular flexibility index (Phi) is 4.17. The number of anilines is 1. The molecular weight excluding hydrogens is 318 g/mol. The number of pyridine rings is 1. The Morgan fingerprint density at radius 1 is 1.33 bits per heavy atom. The number of halogens is 2. The molecule has 1 fully saturated rings. The smallest absolute Gasteiger partial charge is 0.341 e. The van der Waals surface area contributed by atoms with Crippen LogP contribution in [0.5, 0.6) is 0 Å². The molecule has 1 amide bonds. The van der Waals surface area contributed by atoms with Crippen molar-refractivity contribution in [2.24, 2.45) is 5.92 Å². The number of fused-ring (bicyclic) bond motifs is 1. The summed E-state index contributed by atoms with van der Waals surface area (Å²) in [4.78, 5) is 28.5. The monoisotopic (exact) mass is 334 g/mol. The van der Waals surface area contributed by atoms with Crippen LogP contribution >= 0.6 is 0 Å². The minimum absolute atomic E-state index is 0.0346. The highest BCUT2D eigenvalue weighted by Gasteiger charge is 2.48. The predicted octanol–water partition coefficient (Wildman–Crippen LogP) is 3.40. The Morgan fingerprint density at radius 3 is 2.71 bits per heavy atom. The first-order chi connectivity index (χ1) is 11.4. The summed E-state index contributed by atoms with van der Waals surface area (Å²) >= 11 is 0. The number of nitrogens with one attached hydrogen (secondary N) is 1. The van der Waals surface area contributed by atoms with Crippen LogP contribution in [0.15, 0.2) is 30.3 Å². The van der Waals surface area contributed by atoms with Gasteiger partial charge in [-0.15, -0.1) is 0 Å². The van der Waals surface area contributed by atoms with Crippen molar-refractivity contribution in [2.75, 3.05) is 11.9 Å². The molecule has 0 bridgehead atoms. The standard InChI is InChI=1S/C17H16F2N2O3/c1-2-24-16(23)12-7-10-5-3-4-6-13(10)20-14(12)21-15(22)11-8-17(18,19)9-11/h3-7,11H,2,8-9H2,1H3,(H,20,21,22). The van der Waals surface area contributed by atoms with E-state index in [1.807, 2.05) is 0 Å². The minimum Gasteiger partial charge on any atom is -0.462 e. The third-order valence-electron chi connectivity index (χ3n) is 3.92. The normalized spacial score (nSPS) is 16.5. The molecule has 0 radical (unpaired) electrons. The molecule has 1 N–H and O–H groups in total. The minimum atomic E-state index is -2.79. The first-order valence-electron chi connectivity index (χ1n) is 7.65. The zero-order valence-corrected chi connectivity index (χ0v) is 13.0. The highest BCUT2D eigenvalue weighted by atomic mass is 19.3. The molecule has 1 aromatic heterocycles. The van der Waals surface area contributed by atoms with E-state index in [9.17, 15) is 18.4 Å². The van der Waals surface area contributed by atoms with Crippen molar-refractivity contribution in [2.45, 2.75) is 25.7 Å². The molecule has 0 atom stereocenters. The lowest BCUT2D eigenvalue weighted by Crippen LogP contribution is -2.42. The molecule has 1 aliphatic carbocycles. The topological polar surface area (TPSA) is 68.3 Å². The summed E-state index contributed by atoms with van der Waals surface area (Å²) in [5, 5.41) is 3.21. The van der Waals surface area contributed by atoms with Gasteiger partial charge in [-0.25, -0.2) is 18.6 Å². The molecule has 0 aliphatic heterocycles. The van der Waals surface area contributed by atoms with E-state index in [4.69, 9.17) is 4.74 Å². The Balaban J connectivity index is 1.91. The van der Waals surface area contributed by atoms with Gasteiger partial charge in [-0.1, -0.05) is 18.2 Å². The summed E-state index contributed by atoms with van der Waals surface area (Å²) < 4.78 is 30.9. The molecule has 5 nitrogen and oxygen atoms in total. The zero-order chi connectivity index (χ0) is 17.3. The first kappa shape index (κ1) is 16.3. The molecule has 1 heterocycles. The fourth-order valence-electron chi connectivity index (χ4n) is 2.64. The van der Waals surface area contributed by atoms with Gasteiger partial charge in [0.25, 0.3) is 0 Å². The third-order valence-corrected chi connectivity index (χ3v) is 3.92. The van der Waals surface area contributed by atoms with Crippen molar-refractivity contribution in [1.82, 2.24) is 4.98 Å². The Bertz CT molecular complexity index is 800. The average Bonchev–Trinajstić information content (AvgIpc) is 2.52. The lowest BCUT2D eigenvalue weighted by atomic mass is 9.81. The summed E-state index contributed by atoms with van der Waals surface area (Å²) in [5.41, 5.74) is 0.690. The number of nitrogens with zero attached hydrogens (tertiary/aromatic N) is 1. The van der Waals surface area contributed by atoms with E-state index in [0.29, 0.717) is 10.9 Å². The van der Waals surface area contributed by atoms with Crippen LogP contribution in [-0.2, 0) is 9.53 Å². The molecule has 24 heavy (non-hydrogen) atoms. The summed E-state index contributed by atoms with van der Waals surface area (Å²) in [5.74, 6) is -4.71. The molecule has 0 unspecified atom stereocenters. The van der Waals surface area contributed by atoms with Crippen LogP contribution in [0.4, 0.5) is 14.6 Å². The van der Waals surface area contributed by atoms with Gasteiger partial charge in [-0.2, -0.15) is 0 Å². The van der Waals surface area contributed by atoms with Gasteiger partial charge in [-0.05, 0) is 19.1 Å². The molecule has 7 heteroatoms. The van der Waals surface area contributed by atoms with Crippen molar-refractivity contribution in [3.8, 4) is 0 Å². The summed E-state index contributed by atoms with van der Waals surface area (Å²) in [6, 6.07) is 8.66. The number of rotatable bonds is 4. The second-order valence-electron chi connectivity index (χ2n) is 5.75. The van der Waals surface area contributed by atoms with Gasteiger partial charge in [0.15, 0.2) is 0 Å². The first-order valence-corrected chi connectivity index (χ1v) is 7.65. The number of benzene rings is 1. The van der Waals surface area contributed by atoms with Crippen LogP contribution in [0.3, 0.4) is 0 Å². The van der Waals surface area contributed by atoms with Crippen LogP contribution in [0.25, 0.3) is 10.9 Å². The summed E-state index contributed by atoms with van der Waals surface area (Å²) in [7, 11) is 0. The van der Waals surface area contributed by atoms with Crippen LogP contribution in [0.1, 0.15) is 30.1 Å². The number of carbonyl (C=O) groups is 2. The van der Waals surface area contributed by atoms with Gasteiger partial charge in [0.05, 0.1) is 12.1 Å². The van der Waals surface area contributed by atoms with Gasteiger partial charge in [0.2, 0.25) is 11.8 Å². The van der Waals surface area contributed by atoms with E-state index in [1.165, 1.54) is 0 Å². The van der Waals surface area contributed by atoms with E-state index < -0.39 is 36.6 Å². The van der Waals surface area contributed by atoms with Gasteiger partial charge >= 0.3 is 5.97 Å². The number of hydrogen-bond donors (Lipinski definition) is 1. The fraction of sp³-hybridized carbons (Fsp3) is 0.353. The maximum absolute atomic E-state index is 12.9. The van der Waals surface area contributed by atoms with Gasteiger partial charge in [-0.3, -0.25) is 4.79 Å². The Labute approximate surface area is 137 Å². The highest BCUT2D eigenvalue weighted by molar-refractivity contribution is 6.03. The van der Waals surface area contributed by atoms with Crippen molar-refractivity contribution >= 4 is 28.6 Å². The molecule has 0 saturated heterocycles. The van der Waals surface area contributed by atoms with Crippen molar-refractivity contribution in [3.05, 3.63) is 35.9 Å². The molecule has 1 aliphatic rings. The van der Waals surface area contributed by atoms with E-state index in [-0.39, 0.29) is 18.0 Å². The SMILES string of the molecule is CCOC(=O)c1cc2ccccc2nc1NC(=O)C1CC(F)(F)C1. The number of carbonyl (C=O) groups excluding carboxylic acids is 2. The lowest BCUT2D eigenvalue weighted by Gasteiger charge is -2.33. The number of para-hydroxylation sites is 1. The van der Waals surface area contributed by atoms with E-state index in [2.05, 4.69) is 10.3 Å². The number of ether oxygens (including phenoxy) is 1. The van der Waals surface area contributed by atoms with Crippen LogP contribution in [0.2, 0.25) is 0 Å². The predicted molar refractivity (Wildman–Crippen MR) is 84.0 cm³/mol. The Morgan fingerprint density at radius 2 is 2.04 bits per heavy atom. The van der Waals surface area contributed by atoms with Crippen LogP contribution < -0.4 is 5.32 Å². The van der Waals surface area contributed by atoms with Crippen LogP contribution in [-0.4, -0.2) is 29.4 Å².